The number of pyridine rings is 1. The van der Waals surface area contributed by atoms with Crippen LogP contribution in [0.2, 0.25) is 0 Å². The largest absolute Gasteiger partial charge is 0.396 e. The van der Waals surface area contributed by atoms with Crippen LogP contribution < -0.4 is 0 Å². The van der Waals surface area contributed by atoms with Crippen molar-refractivity contribution >= 4 is 10.0 Å². The minimum atomic E-state index is -3.39. The molecule has 1 fully saturated rings. The van der Waals surface area contributed by atoms with Crippen molar-refractivity contribution in [1.29, 1.82) is 0 Å². The first kappa shape index (κ1) is 10.5. The molecule has 0 aromatic carbocycles. The van der Waals surface area contributed by atoms with Crippen LogP contribution in [0.25, 0.3) is 0 Å². The fraction of sp³-hybridized carbons (Fsp3) is 0.444. The molecule has 0 atom stereocenters. The number of hydrogen-bond donors (Lipinski definition) is 1. The molecule has 1 aromatic heterocycles. The Morgan fingerprint density at radius 2 is 2.27 bits per heavy atom. The molecule has 82 valence electrons. The van der Waals surface area contributed by atoms with E-state index in [9.17, 15) is 8.42 Å². The molecule has 2 rings (SSSR count). The molecule has 0 bridgehead atoms. The Morgan fingerprint density at radius 3 is 2.80 bits per heavy atom. The molecule has 0 unspecified atom stereocenters. The summed E-state index contributed by atoms with van der Waals surface area (Å²) in [4.78, 5) is 3.99. The third kappa shape index (κ3) is 1.88. The van der Waals surface area contributed by atoms with Crippen molar-refractivity contribution in [1.82, 2.24) is 9.29 Å². The SMILES string of the molecule is O=S(=O)(c1cccnc1)N1CC(CO)C1. The van der Waals surface area contributed by atoms with Gasteiger partial charge in [-0.05, 0) is 12.1 Å². The van der Waals surface area contributed by atoms with Crippen LogP contribution in [-0.4, -0.2) is 42.5 Å². The fourth-order valence-corrected chi connectivity index (χ4v) is 3.04. The van der Waals surface area contributed by atoms with E-state index < -0.39 is 10.0 Å². The molecule has 2 heterocycles. The average Bonchev–Trinajstić information content (AvgIpc) is 2.17. The second kappa shape index (κ2) is 3.88. The second-order valence-electron chi connectivity index (χ2n) is 3.56. The first-order valence-corrected chi connectivity index (χ1v) is 6.09. The van der Waals surface area contributed by atoms with Gasteiger partial charge in [-0.15, -0.1) is 0 Å². The van der Waals surface area contributed by atoms with Crippen molar-refractivity contribution in [3.8, 4) is 0 Å². The van der Waals surface area contributed by atoms with Crippen LogP contribution in [0.3, 0.4) is 0 Å². The van der Waals surface area contributed by atoms with Crippen LogP contribution in [0.4, 0.5) is 0 Å². The minimum Gasteiger partial charge on any atom is -0.396 e. The molecule has 1 saturated heterocycles. The van der Waals surface area contributed by atoms with Crippen LogP contribution >= 0.6 is 0 Å². The van der Waals surface area contributed by atoms with E-state index in [1.165, 1.54) is 22.8 Å². The van der Waals surface area contributed by atoms with Gasteiger partial charge in [-0.2, -0.15) is 4.31 Å². The lowest BCUT2D eigenvalue weighted by Gasteiger charge is -2.36. The van der Waals surface area contributed by atoms with Gasteiger partial charge in [0.05, 0.1) is 0 Å². The molecule has 0 aliphatic carbocycles. The second-order valence-corrected chi connectivity index (χ2v) is 5.50. The molecule has 1 aliphatic rings. The lowest BCUT2D eigenvalue weighted by Crippen LogP contribution is -2.51. The number of hydrogen-bond acceptors (Lipinski definition) is 4. The highest BCUT2D eigenvalue weighted by Crippen LogP contribution is 2.23. The zero-order valence-corrected chi connectivity index (χ0v) is 8.89. The van der Waals surface area contributed by atoms with Crippen molar-refractivity contribution in [3.05, 3.63) is 24.5 Å². The highest BCUT2D eigenvalue weighted by Gasteiger charge is 2.36. The molecule has 0 saturated carbocycles. The Balaban J connectivity index is 2.16. The Kier molecular flexibility index (Phi) is 2.72. The van der Waals surface area contributed by atoms with E-state index in [2.05, 4.69) is 4.98 Å². The van der Waals surface area contributed by atoms with Gasteiger partial charge in [0.1, 0.15) is 4.90 Å². The van der Waals surface area contributed by atoms with Crippen LogP contribution in [0, 0.1) is 5.92 Å². The average molecular weight is 228 g/mol. The van der Waals surface area contributed by atoms with Gasteiger partial charge in [-0.25, -0.2) is 8.42 Å². The summed E-state index contributed by atoms with van der Waals surface area (Å²) in [5.74, 6) is 0.0800. The van der Waals surface area contributed by atoms with E-state index in [4.69, 9.17) is 5.11 Å². The van der Waals surface area contributed by atoms with Gasteiger partial charge in [0.2, 0.25) is 10.0 Å². The lowest BCUT2D eigenvalue weighted by molar-refractivity contribution is 0.117. The van der Waals surface area contributed by atoms with Gasteiger partial charge in [-0.1, -0.05) is 0 Å². The van der Waals surface area contributed by atoms with E-state index in [0.29, 0.717) is 13.1 Å². The monoisotopic (exact) mass is 228 g/mol. The summed E-state index contributed by atoms with van der Waals surface area (Å²) >= 11 is 0. The maximum Gasteiger partial charge on any atom is 0.244 e. The Morgan fingerprint density at radius 1 is 1.53 bits per heavy atom. The molecule has 1 N–H and O–H groups in total. The molecule has 0 amide bonds. The van der Waals surface area contributed by atoms with E-state index in [0.717, 1.165) is 0 Å². The zero-order chi connectivity index (χ0) is 10.9. The molecule has 1 aliphatic heterocycles. The van der Waals surface area contributed by atoms with Crippen LogP contribution in [-0.2, 0) is 10.0 Å². The van der Waals surface area contributed by atoms with E-state index >= 15 is 0 Å². The van der Waals surface area contributed by atoms with Crippen LogP contribution in [0.5, 0.6) is 0 Å². The molecule has 15 heavy (non-hydrogen) atoms. The molecular weight excluding hydrogens is 216 g/mol. The Hall–Kier alpha value is -0.980. The predicted octanol–water partition coefficient (Wildman–Crippen LogP) is -0.306. The standard InChI is InChI=1S/C9H12N2O3S/c12-7-8-5-11(6-8)15(13,14)9-2-1-3-10-4-9/h1-4,8,12H,5-7H2. The van der Waals surface area contributed by atoms with Gasteiger partial charge < -0.3 is 5.11 Å². The summed E-state index contributed by atoms with van der Waals surface area (Å²) in [6, 6.07) is 3.12. The molecule has 1 aromatic rings. The maximum atomic E-state index is 11.9. The highest BCUT2D eigenvalue weighted by atomic mass is 32.2. The number of aliphatic hydroxyl groups is 1. The number of sulfonamides is 1. The van der Waals surface area contributed by atoms with E-state index in [1.807, 2.05) is 0 Å². The van der Waals surface area contributed by atoms with Crippen LogP contribution in [0.1, 0.15) is 0 Å². The highest BCUT2D eigenvalue weighted by molar-refractivity contribution is 7.89. The summed E-state index contributed by atoms with van der Waals surface area (Å²) < 4.78 is 25.1. The lowest BCUT2D eigenvalue weighted by atomic mass is 10.1. The van der Waals surface area contributed by atoms with Gasteiger partial charge >= 0.3 is 0 Å². The van der Waals surface area contributed by atoms with Gasteiger partial charge in [0.25, 0.3) is 0 Å². The predicted molar refractivity (Wildman–Crippen MR) is 53.6 cm³/mol. The van der Waals surface area contributed by atoms with Crippen LogP contribution in [0.15, 0.2) is 29.4 Å². The smallest absolute Gasteiger partial charge is 0.244 e. The first-order valence-electron chi connectivity index (χ1n) is 4.65. The molecule has 5 nitrogen and oxygen atoms in total. The topological polar surface area (TPSA) is 70.5 Å². The Labute approximate surface area is 88.4 Å². The van der Waals surface area contributed by atoms with Crippen molar-refractivity contribution < 1.29 is 13.5 Å². The third-order valence-corrected chi connectivity index (χ3v) is 4.27. The van der Waals surface area contributed by atoms with Crippen molar-refractivity contribution in [3.63, 3.8) is 0 Å². The van der Waals surface area contributed by atoms with Gasteiger partial charge in [0.15, 0.2) is 0 Å². The quantitative estimate of drug-likeness (QED) is 0.770. The summed E-state index contributed by atoms with van der Waals surface area (Å²) in [6.45, 7) is 0.834. The molecule has 0 radical (unpaired) electrons. The van der Waals surface area contributed by atoms with Crippen molar-refractivity contribution in [2.24, 2.45) is 5.92 Å². The summed E-state index contributed by atoms with van der Waals surface area (Å²) in [5, 5.41) is 8.81. The van der Waals surface area contributed by atoms with Gasteiger partial charge in [-0.3, -0.25) is 4.98 Å². The number of rotatable bonds is 3. The summed E-state index contributed by atoms with van der Waals surface area (Å²) in [7, 11) is -3.39. The fourth-order valence-electron chi connectivity index (χ4n) is 1.48. The molecule has 6 heteroatoms. The third-order valence-electron chi connectivity index (χ3n) is 2.45. The van der Waals surface area contributed by atoms with Crippen molar-refractivity contribution in [2.75, 3.05) is 19.7 Å². The van der Waals surface area contributed by atoms with Gasteiger partial charge in [0, 0.05) is 38.0 Å². The van der Waals surface area contributed by atoms with E-state index in [-0.39, 0.29) is 17.4 Å². The Bertz CT molecular complexity index is 426. The molecular formula is C9H12N2O3S. The maximum absolute atomic E-state index is 11.9. The normalized spacial score (nSPS) is 18.7. The van der Waals surface area contributed by atoms with Crippen molar-refractivity contribution in [2.45, 2.75) is 4.90 Å². The number of aromatic nitrogens is 1. The summed E-state index contributed by atoms with van der Waals surface area (Å²) in [5.41, 5.74) is 0. The summed E-state index contributed by atoms with van der Waals surface area (Å²) in [6.07, 6.45) is 2.87. The molecule has 0 spiro atoms. The minimum absolute atomic E-state index is 0.0407. The first-order chi connectivity index (χ1) is 7.14. The number of aliphatic hydroxyl groups excluding tert-OH is 1. The number of nitrogens with zero attached hydrogens (tertiary/aromatic N) is 2. The zero-order valence-electron chi connectivity index (χ0n) is 8.07. The van der Waals surface area contributed by atoms with E-state index in [1.54, 1.807) is 6.07 Å².